The van der Waals surface area contributed by atoms with Crippen molar-refractivity contribution in [2.75, 3.05) is 6.54 Å². The predicted octanol–water partition coefficient (Wildman–Crippen LogP) is 1.08. The van der Waals surface area contributed by atoms with E-state index in [9.17, 15) is 9.18 Å². The number of nitrogens with two attached hydrogens (primary N) is 1. The quantitative estimate of drug-likeness (QED) is 0.833. The lowest BCUT2D eigenvalue weighted by atomic mass is 10.2. The lowest BCUT2D eigenvalue weighted by Crippen LogP contribution is -2.13. The molecular weight excluding hydrogens is 221 g/mol. The Kier molecular flexibility index (Phi) is 3.30. The summed E-state index contributed by atoms with van der Waals surface area (Å²) in [5.74, 6) is 0.107. The third-order valence-electron chi connectivity index (χ3n) is 2.31. The Morgan fingerprint density at radius 2 is 2.00 bits per heavy atom. The van der Waals surface area contributed by atoms with E-state index in [1.165, 1.54) is 18.2 Å². The maximum Gasteiger partial charge on any atom is 0.251 e. The molecule has 17 heavy (non-hydrogen) atoms. The second-order valence-electron chi connectivity index (χ2n) is 3.63. The Hall–Kier alpha value is -2.01. The Balaban J connectivity index is 2.44. The summed E-state index contributed by atoms with van der Waals surface area (Å²) >= 11 is 0. The van der Waals surface area contributed by atoms with Gasteiger partial charge in [0.25, 0.3) is 5.56 Å². The van der Waals surface area contributed by atoms with Gasteiger partial charge < -0.3 is 10.7 Å². The molecular formula is C12H12FN3O. The summed E-state index contributed by atoms with van der Waals surface area (Å²) in [5.41, 5.74) is 6.49. The SMILES string of the molecule is NCCc1cc(=O)[nH]c(-c2ccc(F)cc2)n1. The van der Waals surface area contributed by atoms with Crippen LogP contribution >= 0.6 is 0 Å². The third kappa shape index (κ3) is 2.76. The zero-order valence-electron chi connectivity index (χ0n) is 9.11. The smallest absolute Gasteiger partial charge is 0.251 e. The van der Waals surface area contributed by atoms with E-state index in [1.807, 2.05) is 0 Å². The lowest BCUT2D eigenvalue weighted by molar-refractivity contribution is 0.628. The Morgan fingerprint density at radius 3 is 2.65 bits per heavy atom. The molecule has 0 saturated carbocycles. The highest BCUT2D eigenvalue weighted by Crippen LogP contribution is 2.14. The van der Waals surface area contributed by atoms with Gasteiger partial charge in [0.2, 0.25) is 0 Å². The highest BCUT2D eigenvalue weighted by Gasteiger charge is 2.03. The Labute approximate surface area is 97.3 Å². The maximum atomic E-state index is 12.8. The normalized spacial score (nSPS) is 10.5. The molecule has 0 aliphatic heterocycles. The standard InChI is InChI=1S/C12H12FN3O/c13-9-3-1-8(2-4-9)12-15-10(5-6-14)7-11(17)16-12/h1-4,7H,5-6,14H2,(H,15,16,17). The van der Waals surface area contributed by atoms with Crippen molar-refractivity contribution in [3.8, 4) is 11.4 Å². The molecule has 4 nitrogen and oxygen atoms in total. The van der Waals surface area contributed by atoms with Crippen molar-refractivity contribution in [1.82, 2.24) is 9.97 Å². The number of H-pyrrole nitrogens is 1. The van der Waals surface area contributed by atoms with Crippen molar-refractivity contribution in [3.05, 3.63) is 52.2 Å². The van der Waals surface area contributed by atoms with Crippen LogP contribution in [0.15, 0.2) is 35.1 Å². The van der Waals surface area contributed by atoms with Gasteiger partial charge in [-0.25, -0.2) is 9.37 Å². The second kappa shape index (κ2) is 4.88. The number of hydrogen-bond acceptors (Lipinski definition) is 3. The monoisotopic (exact) mass is 233 g/mol. The van der Waals surface area contributed by atoms with E-state index in [4.69, 9.17) is 5.73 Å². The summed E-state index contributed by atoms with van der Waals surface area (Å²) < 4.78 is 12.8. The molecule has 88 valence electrons. The minimum absolute atomic E-state index is 0.234. The van der Waals surface area contributed by atoms with E-state index in [0.717, 1.165) is 0 Å². The third-order valence-corrected chi connectivity index (χ3v) is 2.31. The molecule has 2 aromatic rings. The van der Waals surface area contributed by atoms with Crippen molar-refractivity contribution in [3.63, 3.8) is 0 Å². The minimum atomic E-state index is -0.325. The number of rotatable bonds is 3. The molecule has 0 unspecified atom stereocenters. The molecule has 0 atom stereocenters. The van der Waals surface area contributed by atoms with Gasteiger partial charge in [0.1, 0.15) is 11.6 Å². The molecule has 0 aliphatic rings. The number of aromatic amines is 1. The molecule has 1 heterocycles. The molecule has 0 fully saturated rings. The van der Waals surface area contributed by atoms with Crippen LogP contribution in [-0.4, -0.2) is 16.5 Å². The summed E-state index contributed by atoms with van der Waals surface area (Å²) in [4.78, 5) is 18.3. The van der Waals surface area contributed by atoms with E-state index in [-0.39, 0.29) is 11.4 Å². The molecule has 0 spiro atoms. The van der Waals surface area contributed by atoms with Crippen LogP contribution in [0.2, 0.25) is 0 Å². The molecule has 1 aromatic heterocycles. The average molecular weight is 233 g/mol. The van der Waals surface area contributed by atoms with Crippen LogP contribution in [0.4, 0.5) is 4.39 Å². The number of hydrogen-bond donors (Lipinski definition) is 2. The molecule has 0 bridgehead atoms. The minimum Gasteiger partial charge on any atom is -0.330 e. The summed E-state index contributed by atoms with van der Waals surface area (Å²) in [6.07, 6.45) is 0.540. The first-order valence-electron chi connectivity index (χ1n) is 5.25. The topological polar surface area (TPSA) is 71.8 Å². The van der Waals surface area contributed by atoms with E-state index < -0.39 is 0 Å². The van der Waals surface area contributed by atoms with Crippen molar-refractivity contribution in [2.24, 2.45) is 5.73 Å². The number of nitrogens with zero attached hydrogens (tertiary/aromatic N) is 1. The van der Waals surface area contributed by atoms with Crippen molar-refractivity contribution >= 4 is 0 Å². The van der Waals surface area contributed by atoms with Crippen LogP contribution < -0.4 is 11.3 Å². The fraction of sp³-hybridized carbons (Fsp3) is 0.167. The predicted molar refractivity (Wildman–Crippen MR) is 63.0 cm³/mol. The van der Waals surface area contributed by atoms with Gasteiger partial charge >= 0.3 is 0 Å². The second-order valence-corrected chi connectivity index (χ2v) is 3.63. The van der Waals surface area contributed by atoms with E-state index in [2.05, 4.69) is 9.97 Å². The van der Waals surface area contributed by atoms with Gasteiger partial charge in [0.15, 0.2) is 0 Å². The zero-order chi connectivity index (χ0) is 12.3. The first kappa shape index (κ1) is 11.5. The largest absolute Gasteiger partial charge is 0.330 e. The molecule has 0 saturated heterocycles. The zero-order valence-corrected chi connectivity index (χ0v) is 9.11. The van der Waals surface area contributed by atoms with E-state index in [1.54, 1.807) is 12.1 Å². The number of aromatic nitrogens is 2. The van der Waals surface area contributed by atoms with E-state index in [0.29, 0.717) is 30.0 Å². The molecule has 1 aromatic carbocycles. The highest BCUT2D eigenvalue weighted by molar-refractivity contribution is 5.54. The summed E-state index contributed by atoms with van der Waals surface area (Å²) in [6.45, 7) is 0.430. The van der Waals surface area contributed by atoms with Crippen molar-refractivity contribution in [2.45, 2.75) is 6.42 Å². The van der Waals surface area contributed by atoms with Gasteiger partial charge in [-0.3, -0.25) is 4.79 Å². The van der Waals surface area contributed by atoms with Crippen LogP contribution in [0.5, 0.6) is 0 Å². The average Bonchev–Trinajstić information content (AvgIpc) is 2.29. The molecule has 0 amide bonds. The van der Waals surface area contributed by atoms with Crippen LogP contribution in [-0.2, 0) is 6.42 Å². The van der Waals surface area contributed by atoms with Gasteiger partial charge in [-0.15, -0.1) is 0 Å². The van der Waals surface area contributed by atoms with Crippen molar-refractivity contribution in [1.29, 1.82) is 0 Å². The molecule has 0 radical (unpaired) electrons. The molecule has 5 heteroatoms. The summed E-state index contributed by atoms with van der Waals surface area (Å²) in [6, 6.07) is 7.20. The first-order valence-corrected chi connectivity index (χ1v) is 5.25. The highest BCUT2D eigenvalue weighted by atomic mass is 19.1. The summed E-state index contributed by atoms with van der Waals surface area (Å²) in [5, 5.41) is 0. The first-order chi connectivity index (χ1) is 8.19. The number of halogens is 1. The fourth-order valence-corrected chi connectivity index (χ4v) is 1.53. The molecule has 3 N–H and O–H groups in total. The van der Waals surface area contributed by atoms with Crippen LogP contribution in [0.1, 0.15) is 5.69 Å². The van der Waals surface area contributed by atoms with Crippen LogP contribution in [0.25, 0.3) is 11.4 Å². The van der Waals surface area contributed by atoms with Crippen LogP contribution in [0.3, 0.4) is 0 Å². The Morgan fingerprint density at radius 1 is 1.29 bits per heavy atom. The van der Waals surface area contributed by atoms with Gasteiger partial charge in [-0.05, 0) is 30.8 Å². The van der Waals surface area contributed by atoms with Gasteiger partial charge in [-0.1, -0.05) is 0 Å². The van der Waals surface area contributed by atoms with Crippen LogP contribution in [0, 0.1) is 5.82 Å². The van der Waals surface area contributed by atoms with Gasteiger partial charge in [-0.2, -0.15) is 0 Å². The Bertz CT molecular complexity index is 563. The fourth-order valence-electron chi connectivity index (χ4n) is 1.53. The van der Waals surface area contributed by atoms with Gasteiger partial charge in [0.05, 0.1) is 0 Å². The molecule has 2 rings (SSSR count). The van der Waals surface area contributed by atoms with Gasteiger partial charge in [0, 0.05) is 23.7 Å². The maximum absolute atomic E-state index is 12.8. The number of benzene rings is 1. The molecule has 0 aliphatic carbocycles. The summed E-state index contributed by atoms with van der Waals surface area (Å²) in [7, 11) is 0. The van der Waals surface area contributed by atoms with Crippen molar-refractivity contribution < 1.29 is 4.39 Å². The lowest BCUT2D eigenvalue weighted by Gasteiger charge is -2.03. The van der Waals surface area contributed by atoms with E-state index >= 15 is 0 Å². The number of nitrogens with one attached hydrogen (secondary N) is 1.